The first-order valence-corrected chi connectivity index (χ1v) is 7.41. The van der Waals surface area contributed by atoms with Crippen molar-refractivity contribution in [2.24, 2.45) is 0 Å². The van der Waals surface area contributed by atoms with Gasteiger partial charge in [-0.15, -0.1) is 0 Å². The Morgan fingerprint density at radius 1 is 1.16 bits per heavy atom. The standard InChI is InChI=1S/C16H23N3/c1-2-11-19(10-1)12-4-8-17-13-14-5-3-6-16-15(14)7-9-18-16/h3,5-7,9,17-18H,1-2,4,8,10-13H2. The highest BCUT2D eigenvalue weighted by molar-refractivity contribution is 5.82. The molecule has 3 rings (SSSR count). The van der Waals surface area contributed by atoms with E-state index in [1.807, 2.05) is 6.20 Å². The van der Waals surface area contributed by atoms with Gasteiger partial charge in [-0.25, -0.2) is 0 Å². The molecule has 3 nitrogen and oxygen atoms in total. The van der Waals surface area contributed by atoms with Crippen LogP contribution < -0.4 is 5.32 Å². The third kappa shape index (κ3) is 3.17. The molecule has 2 aromatic rings. The van der Waals surface area contributed by atoms with Crippen LogP contribution in [0.15, 0.2) is 30.5 Å². The van der Waals surface area contributed by atoms with Crippen LogP contribution in [0.5, 0.6) is 0 Å². The molecular weight excluding hydrogens is 234 g/mol. The monoisotopic (exact) mass is 257 g/mol. The highest BCUT2D eigenvalue weighted by Gasteiger charge is 2.09. The van der Waals surface area contributed by atoms with Crippen LogP contribution in [-0.4, -0.2) is 36.1 Å². The van der Waals surface area contributed by atoms with E-state index >= 15 is 0 Å². The molecule has 0 amide bonds. The van der Waals surface area contributed by atoms with Gasteiger partial charge < -0.3 is 15.2 Å². The number of aromatic amines is 1. The lowest BCUT2D eigenvalue weighted by Crippen LogP contribution is -2.24. The number of hydrogen-bond acceptors (Lipinski definition) is 2. The largest absolute Gasteiger partial charge is 0.361 e. The van der Waals surface area contributed by atoms with Crippen LogP contribution in [0.3, 0.4) is 0 Å². The van der Waals surface area contributed by atoms with Gasteiger partial charge in [-0.2, -0.15) is 0 Å². The summed E-state index contributed by atoms with van der Waals surface area (Å²) < 4.78 is 0. The molecule has 1 fully saturated rings. The lowest BCUT2D eigenvalue weighted by Gasteiger charge is -2.14. The van der Waals surface area contributed by atoms with Crippen molar-refractivity contribution in [3.63, 3.8) is 0 Å². The number of nitrogens with zero attached hydrogens (tertiary/aromatic N) is 1. The Kier molecular flexibility index (Phi) is 4.16. The Balaban J connectivity index is 1.43. The molecule has 1 aromatic carbocycles. The minimum Gasteiger partial charge on any atom is -0.361 e. The molecule has 0 aliphatic carbocycles. The van der Waals surface area contributed by atoms with Gasteiger partial charge >= 0.3 is 0 Å². The first kappa shape index (κ1) is 12.7. The zero-order valence-corrected chi connectivity index (χ0v) is 11.5. The van der Waals surface area contributed by atoms with Crippen LogP contribution in [0.25, 0.3) is 10.9 Å². The summed E-state index contributed by atoms with van der Waals surface area (Å²) >= 11 is 0. The summed E-state index contributed by atoms with van der Waals surface area (Å²) in [5.74, 6) is 0. The second-order valence-corrected chi connectivity index (χ2v) is 5.44. The fourth-order valence-corrected chi connectivity index (χ4v) is 2.96. The normalized spacial score (nSPS) is 16.4. The summed E-state index contributed by atoms with van der Waals surface area (Å²) in [6.07, 6.45) is 6.05. The van der Waals surface area contributed by atoms with Crippen molar-refractivity contribution in [3.05, 3.63) is 36.0 Å². The Morgan fingerprint density at radius 2 is 2.05 bits per heavy atom. The summed E-state index contributed by atoms with van der Waals surface area (Å²) in [4.78, 5) is 5.84. The van der Waals surface area contributed by atoms with E-state index in [4.69, 9.17) is 0 Å². The second kappa shape index (κ2) is 6.22. The van der Waals surface area contributed by atoms with Crippen molar-refractivity contribution in [2.45, 2.75) is 25.8 Å². The summed E-state index contributed by atoms with van der Waals surface area (Å²) in [5, 5.41) is 4.91. The van der Waals surface area contributed by atoms with Crippen LogP contribution in [0.2, 0.25) is 0 Å². The molecule has 1 aliphatic rings. The van der Waals surface area contributed by atoms with Gasteiger partial charge in [0, 0.05) is 23.6 Å². The summed E-state index contributed by atoms with van der Waals surface area (Å²) in [5.41, 5.74) is 2.62. The molecule has 2 N–H and O–H groups in total. The average molecular weight is 257 g/mol. The minimum atomic E-state index is 0.967. The zero-order chi connectivity index (χ0) is 12.9. The third-order valence-electron chi connectivity index (χ3n) is 4.03. The number of likely N-dealkylation sites (tertiary alicyclic amines) is 1. The highest BCUT2D eigenvalue weighted by atomic mass is 15.1. The molecule has 1 saturated heterocycles. The highest BCUT2D eigenvalue weighted by Crippen LogP contribution is 2.16. The van der Waals surface area contributed by atoms with Crippen molar-refractivity contribution < 1.29 is 0 Å². The van der Waals surface area contributed by atoms with Crippen LogP contribution in [0.4, 0.5) is 0 Å². The molecule has 3 heteroatoms. The van der Waals surface area contributed by atoms with Gasteiger partial charge in [-0.05, 0) is 63.1 Å². The molecule has 0 spiro atoms. The molecular formula is C16H23N3. The maximum atomic E-state index is 3.57. The van der Waals surface area contributed by atoms with Crippen LogP contribution in [0, 0.1) is 0 Å². The molecule has 2 heterocycles. The molecule has 0 unspecified atom stereocenters. The lowest BCUT2D eigenvalue weighted by molar-refractivity contribution is 0.331. The number of rotatable bonds is 6. The van der Waals surface area contributed by atoms with E-state index in [-0.39, 0.29) is 0 Å². The molecule has 0 saturated carbocycles. The first-order valence-electron chi connectivity index (χ1n) is 7.41. The predicted molar refractivity (Wildman–Crippen MR) is 80.3 cm³/mol. The molecule has 19 heavy (non-hydrogen) atoms. The van der Waals surface area contributed by atoms with E-state index in [1.54, 1.807) is 0 Å². The van der Waals surface area contributed by atoms with E-state index in [0.29, 0.717) is 0 Å². The summed E-state index contributed by atoms with van der Waals surface area (Å²) in [7, 11) is 0. The molecule has 0 atom stereocenters. The number of aromatic nitrogens is 1. The van der Waals surface area contributed by atoms with E-state index in [9.17, 15) is 0 Å². The molecule has 0 bridgehead atoms. The van der Waals surface area contributed by atoms with Crippen LogP contribution >= 0.6 is 0 Å². The van der Waals surface area contributed by atoms with E-state index in [0.717, 1.165) is 13.1 Å². The smallest absolute Gasteiger partial charge is 0.0457 e. The average Bonchev–Trinajstić information content (AvgIpc) is 3.09. The summed E-state index contributed by atoms with van der Waals surface area (Å²) in [6, 6.07) is 8.63. The van der Waals surface area contributed by atoms with E-state index in [2.05, 4.69) is 39.5 Å². The van der Waals surface area contributed by atoms with Gasteiger partial charge in [0.25, 0.3) is 0 Å². The van der Waals surface area contributed by atoms with Gasteiger partial charge in [-0.1, -0.05) is 12.1 Å². The second-order valence-electron chi connectivity index (χ2n) is 5.44. The van der Waals surface area contributed by atoms with Gasteiger partial charge in [0.1, 0.15) is 0 Å². The van der Waals surface area contributed by atoms with Crippen molar-refractivity contribution in [1.82, 2.24) is 15.2 Å². The fourth-order valence-electron chi connectivity index (χ4n) is 2.96. The number of H-pyrrole nitrogens is 1. The maximum Gasteiger partial charge on any atom is 0.0457 e. The van der Waals surface area contributed by atoms with Crippen molar-refractivity contribution in [2.75, 3.05) is 26.2 Å². The number of fused-ring (bicyclic) bond motifs is 1. The number of hydrogen-bond donors (Lipinski definition) is 2. The SMILES string of the molecule is c1cc(CNCCCN2CCCC2)c2cc[nH]c2c1. The molecule has 1 aliphatic heterocycles. The number of nitrogens with one attached hydrogen (secondary N) is 2. The Labute approximate surface area is 115 Å². The van der Waals surface area contributed by atoms with E-state index < -0.39 is 0 Å². The quantitative estimate of drug-likeness (QED) is 0.780. The molecule has 0 radical (unpaired) electrons. The van der Waals surface area contributed by atoms with Gasteiger partial charge in [0.05, 0.1) is 0 Å². The third-order valence-corrected chi connectivity index (χ3v) is 4.03. The van der Waals surface area contributed by atoms with Crippen molar-refractivity contribution >= 4 is 10.9 Å². The molecule has 1 aromatic heterocycles. The molecule has 102 valence electrons. The topological polar surface area (TPSA) is 31.1 Å². The Bertz CT molecular complexity index is 511. The van der Waals surface area contributed by atoms with Gasteiger partial charge in [0.15, 0.2) is 0 Å². The van der Waals surface area contributed by atoms with Gasteiger partial charge in [0.2, 0.25) is 0 Å². The number of benzene rings is 1. The van der Waals surface area contributed by atoms with Crippen molar-refractivity contribution in [1.29, 1.82) is 0 Å². The Morgan fingerprint density at radius 3 is 2.95 bits per heavy atom. The van der Waals surface area contributed by atoms with Crippen LogP contribution in [-0.2, 0) is 6.54 Å². The Hall–Kier alpha value is -1.32. The minimum absolute atomic E-state index is 0.967. The van der Waals surface area contributed by atoms with Crippen molar-refractivity contribution in [3.8, 4) is 0 Å². The maximum absolute atomic E-state index is 3.57. The fraction of sp³-hybridized carbons (Fsp3) is 0.500. The van der Waals surface area contributed by atoms with Gasteiger partial charge in [-0.3, -0.25) is 0 Å². The first-order chi connectivity index (χ1) is 9.43. The van der Waals surface area contributed by atoms with Crippen LogP contribution in [0.1, 0.15) is 24.8 Å². The predicted octanol–water partition coefficient (Wildman–Crippen LogP) is 2.74. The summed E-state index contributed by atoms with van der Waals surface area (Å²) in [6.45, 7) is 5.94. The zero-order valence-electron chi connectivity index (χ0n) is 11.5. The van der Waals surface area contributed by atoms with E-state index in [1.165, 1.54) is 55.4 Å². The lowest BCUT2D eigenvalue weighted by atomic mass is 10.1.